The second-order valence-corrected chi connectivity index (χ2v) is 4.50. The number of hydrogen-bond donors (Lipinski definition) is 1. The molecule has 1 aromatic rings. The van der Waals surface area contributed by atoms with E-state index in [1.807, 2.05) is 0 Å². The molecule has 0 amide bonds. The van der Waals surface area contributed by atoms with Crippen LogP contribution >= 0.6 is 22.9 Å². The lowest BCUT2D eigenvalue weighted by Gasteiger charge is -2.15. The van der Waals surface area contributed by atoms with Crippen molar-refractivity contribution in [3.05, 3.63) is 22.4 Å². The Labute approximate surface area is 94.2 Å². The number of thiophene rings is 1. The molecule has 80 valence electrons. The molecule has 1 aromatic heterocycles. The molecule has 1 rings (SSSR count). The molecule has 4 heteroatoms. The maximum atomic E-state index is 5.70. The highest BCUT2D eigenvalue weighted by Crippen LogP contribution is 2.08. The molecule has 0 aromatic carbocycles. The van der Waals surface area contributed by atoms with Crippen LogP contribution in [0.3, 0.4) is 0 Å². The SMILES string of the molecule is COCC(CCCl)NCc1cccs1. The Bertz CT molecular complexity index is 222. The van der Waals surface area contributed by atoms with Crippen molar-refractivity contribution in [3.63, 3.8) is 0 Å². The highest BCUT2D eigenvalue weighted by atomic mass is 35.5. The third-order valence-corrected chi connectivity index (χ3v) is 3.07. The summed E-state index contributed by atoms with van der Waals surface area (Å²) in [5, 5.41) is 5.51. The summed E-state index contributed by atoms with van der Waals surface area (Å²) in [6.07, 6.45) is 0.945. The summed E-state index contributed by atoms with van der Waals surface area (Å²) in [5.41, 5.74) is 0. The molecular formula is C10H16ClNOS. The summed E-state index contributed by atoms with van der Waals surface area (Å²) in [6, 6.07) is 4.55. The van der Waals surface area contributed by atoms with Crippen LogP contribution in [0.1, 0.15) is 11.3 Å². The Morgan fingerprint density at radius 1 is 1.64 bits per heavy atom. The van der Waals surface area contributed by atoms with Crippen LogP contribution in [0.25, 0.3) is 0 Å². The molecule has 1 atom stereocenters. The van der Waals surface area contributed by atoms with Crippen LogP contribution in [0.4, 0.5) is 0 Å². The van der Waals surface area contributed by atoms with Gasteiger partial charge in [0.2, 0.25) is 0 Å². The zero-order chi connectivity index (χ0) is 10.2. The first-order valence-corrected chi connectivity index (χ1v) is 6.09. The number of nitrogens with one attached hydrogen (secondary N) is 1. The van der Waals surface area contributed by atoms with E-state index in [1.165, 1.54) is 4.88 Å². The van der Waals surface area contributed by atoms with Gasteiger partial charge in [0, 0.05) is 30.5 Å². The number of halogens is 1. The molecule has 2 nitrogen and oxygen atoms in total. The van der Waals surface area contributed by atoms with E-state index in [2.05, 4.69) is 22.8 Å². The molecule has 0 fully saturated rings. The fourth-order valence-electron chi connectivity index (χ4n) is 1.24. The fraction of sp³-hybridized carbons (Fsp3) is 0.600. The summed E-state index contributed by atoms with van der Waals surface area (Å²) in [4.78, 5) is 1.35. The number of methoxy groups -OCH3 is 1. The smallest absolute Gasteiger partial charge is 0.0616 e. The van der Waals surface area contributed by atoms with Gasteiger partial charge in [-0.25, -0.2) is 0 Å². The molecule has 0 radical (unpaired) electrons. The van der Waals surface area contributed by atoms with E-state index < -0.39 is 0 Å². The van der Waals surface area contributed by atoms with Gasteiger partial charge in [-0.1, -0.05) is 6.07 Å². The second-order valence-electron chi connectivity index (χ2n) is 3.09. The predicted octanol–water partition coefficient (Wildman–Crippen LogP) is 2.48. The lowest BCUT2D eigenvalue weighted by Crippen LogP contribution is -2.32. The van der Waals surface area contributed by atoms with E-state index >= 15 is 0 Å². The Hall–Kier alpha value is -0.0900. The van der Waals surface area contributed by atoms with Gasteiger partial charge in [-0.15, -0.1) is 22.9 Å². The van der Waals surface area contributed by atoms with Crippen molar-refractivity contribution in [2.45, 2.75) is 19.0 Å². The van der Waals surface area contributed by atoms with Crippen LogP contribution < -0.4 is 5.32 Å². The topological polar surface area (TPSA) is 21.3 Å². The van der Waals surface area contributed by atoms with Crippen LogP contribution in [0, 0.1) is 0 Å². The minimum Gasteiger partial charge on any atom is -0.383 e. The molecule has 0 saturated carbocycles. The number of rotatable bonds is 7. The molecule has 1 N–H and O–H groups in total. The van der Waals surface area contributed by atoms with Gasteiger partial charge < -0.3 is 10.1 Å². The van der Waals surface area contributed by atoms with Gasteiger partial charge in [-0.05, 0) is 17.9 Å². The summed E-state index contributed by atoms with van der Waals surface area (Å²) in [6.45, 7) is 1.63. The highest BCUT2D eigenvalue weighted by Gasteiger charge is 2.06. The van der Waals surface area contributed by atoms with Crippen LogP contribution in [0.15, 0.2) is 17.5 Å². The second kappa shape index (κ2) is 7.23. The van der Waals surface area contributed by atoms with Crippen LogP contribution in [0.5, 0.6) is 0 Å². The highest BCUT2D eigenvalue weighted by molar-refractivity contribution is 7.09. The predicted molar refractivity (Wildman–Crippen MR) is 62.2 cm³/mol. The minimum atomic E-state index is 0.361. The number of alkyl halides is 1. The average molecular weight is 234 g/mol. The maximum Gasteiger partial charge on any atom is 0.0616 e. The van der Waals surface area contributed by atoms with E-state index in [9.17, 15) is 0 Å². The van der Waals surface area contributed by atoms with Crippen LogP contribution in [0.2, 0.25) is 0 Å². The average Bonchev–Trinajstić information content (AvgIpc) is 2.67. The number of hydrogen-bond acceptors (Lipinski definition) is 3. The van der Waals surface area contributed by atoms with E-state index in [-0.39, 0.29) is 0 Å². The monoisotopic (exact) mass is 233 g/mol. The molecular weight excluding hydrogens is 218 g/mol. The Kier molecular flexibility index (Phi) is 6.19. The molecule has 1 unspecified atom stereocenters. The van der Waals surface area contributed by atoms with E-state index in [4.69, 9.17) is 16.3 Å². The molecule has 1 heterocycles. The standard InChI is InChI=1S/C10H16ClNOS/c1-13-8-9(4-5-11)12-7-10-3-2-6-14-10/h2-3,6,9,12H,4-5,7-8H2,1H3. The van der Waals surface area contributed by atoms with Gasteiger partial charge in [0.1, 0.15) is 0 Å². The van der Waals surface area contributed by atoms with Gasteiger partial charge in [0.25, 0.3) is 0 Å². The van der Waals surface area contributed by atoms with Gasteiger partial charge in [-0.2, -0.15) is 0 Å². The lowest BCUT2D eigenvalue weighted by molar-refractivity contribution is 0.164. The molecule has 0 saturated heterocycles. The Morgan fingerprint density at radius 2 is 2.50 bits per heavy atom. The summed E-state index contributed by atoms with van der Waals surface area (Å²) >= 11 is 7.46. The first kappa shape index (κ1) is 12.0. The van der Waals surface area contributed by atoms with Crippen molar-refractivity contribution >= 4 is 22.9 Å². The number of ether oxygens (including phenoxy) is 1. The van der Waals surface area contributed by atoms with Gasteiger partial charge >= 0.3 is 0 Å². The van der Waals surface area contributed by atoms with Gasteiger partial charge in [0.05, 0.1) is 6.61 Å². The zero-order valence-corrected chi connectivity index (χ0v) is 9.90. The maximum absolute atomic E-state index is 5.70. The van der Waals surface area contributed by atoms with Crippen molar-refractivity contribution in [3.8, 4) is 0 Å². The van der Waals surface area contributed by atoms with Crippen molar-refractivity contribution < 1.29 is 4.74 Å². The largest absolute Gasteiger partial charge is 0.383 e. The molecule has 0 spiro atoms. The summed E-state index contributed by atoms with van der Waals surface area (Å²) < 4.78 is 5.11. The van der Waals surface area contributed by atoms with E-state index in [0.717, 1.165) is 19.6 Å². The van der Waals surface area contributed by atoms with Crippen molar-refractivity contribution in [1.82, 2.24) is 5.32 Å². The van der Waals surface area contributed by atoms with E-state index in [0.29, 0.717) is 11.9 Å². The first-order chi connectivity index (χ1) is 6.86. The van der Waals surface area contributed by atoms with Crippen molar-refractivity contribution in [1.29, 1.82) is 0 Å². The Morgan fingerprint density at radius 3 is 3.07 bits per heavy atom. The summed E-state index contributed by atoms with van der Waals surface area (Å²) in [5.74, 6) is 0.672. The summed E-state index contributed by atoms with van der Waals surface area (Å²) in [7, 11) is 1.72. The molecule has 0 aliphatic carbocycles. The first-order valence-electron chi connectivity index (χ1n) is 4.67. The normalized spacial score (nSPS) is 13.0. The molecule has 0 aliphatic heterocycles. The third kappa shape index (κ3) is 4.42. The fourth-order valence-corrected chi connectivity index (χ4v) is 2.15. The van der Waals surface area contributed by atoms with Gasteiger partial charge in [0.15, 0.2) is 0 Å². The quantitative estimate of drug-likeness (QED) is 0.731. The zero-order valence-electron chi connectivity index (χ0n) is 8.33. The van der Waals surface area contributed by atoms with Crippen LogP contribution in [-0.4, -0.2) is 25.6 Å². The Balaban J connectivity index is 2.25. The van der Waals surface area contributed by atoms with E-state index in [1.54, 1.807) is 18.4 Å². The molecule has 14 heavy (non-hydrogen) atoms. The lowest BCUT2D eigenvalue weighted by atomic mass is 10.2. The van der Waals surface area contributed by atoms with Crippen LogP contribution in [-0.2, 0) is 11.3 Å². The van der Waals surface area contributed by atoms with Crippen molar-refractivity contribution in [2.24, 2.45) is 0 Å². The van der Waals surface area contributed by atoms with Crippen molar-refractivity contribution in [2.75, 3.05) is 19.6 Å². The van der Waals surface area contributed by atoms with Gasteiger partial charge in [-0.3, -0.25) is 0 Å². The molecule has 0 aliphatic rings. The third-order valence-electron chi connectivity index (χ3n) is 1.97. The minimum absolute atomic E-state index is 0.361. The molecule has 0 bridgehead atoms.